The van der Waals surface area contributed by atoms with Crippen molar-refractivity contribution in [2.24, 2.45) is 0 Å². The Labute approximate surface area is 74.8 Å². The molecule has 48 valence electrons. The third kappa shape index (κ3) is 1.13. The summed E-state index contributed by atoms with van der Waals surface area (Å²) in [6.07, 6.45) is 0. The monoisotopic (exact) mass is 239 g/mol. The molecule has 0 unspecified atom stereocenters. The van der Waals surface area contributed by atoms with E-state index in [9.17, 15) is 0 Å². The molecule has 0 aliphatic rings. The second kappa shape index (κ2) is 3.00. The number of fused-ring (bicyclic) bond motifs is 1. The van der Waals surface area contributed by atoms with Crippen LogP contribution < -0.4 is 0 Å². The molecule has 0 bridgehead atoms. The van der Waals surface area contributed by atoms with E-state index < -0.39 is 0 Å². The number of hydrogen-bond donors (Lipinski definition) is 1. The molecule has 0 fully saturated rings. The Kier molecular flexibility index (Phi) is 2.26. The van der Waals surface area contributed by atoms with Crippen LogP contribution in [0.25, 0.3) is 11.0 Å². The fourth-order valence-electron chi connectivity index (χ4n) is 0.788. The van der Waals surface area contributed by atoms with Crippen LogP contribution in [0.4, 0.5) is 0 Å². The minimum absolute atomic E-state index is 0. The van der Waals surface area contributed by atoms with Crippen molar-refractivity contribution < 1.29 is 0 Å². The SMILES string of the molecule is [Sn].c1ccc2[nH]nnc2c1. The number of nitrogens with zero attached hydrogens (tertiary/aromatic N) is 2. The number of hydrogen-bond acceptors (Lipinski definition) is 2. The third-order valence-corrected chi connectivity index (χ3v) is 1.23. The van der Waals surface area contributed by atoms with E-state index >= 15 is 0 Å². The van der Waals surface area contributed by atoms with E-state index in [1.54, 1.807) is 0 Å². The van der Waals surface area contributed by atoms with E-state index in [1.807, 2.05) is 24.3 Å². The van der Waals surface area contributed by atoms with Gasteiger partial charge in [0.1, 0.15) is 5.52 Å². The van der Waals surface area contributed by atoms with Crippen LogP contribution in [-0.2, 0) is 0 Å². The summed E-state index contributed by atoms with van der Waals surface area (Å²) < 4.78 is 0. The van der Waals surface area contributed by atoms with Crippen molar-refractivity contribution in [3.05, 3.63) is 24.3 Å². The molecule has 0 atom stereocenters. The zero-order chi connectivity index (χ0) is 6.10. The third-order valence-electron chi connectivity index (χ3n) is 1.23. The van der Waals surface area contributed by atoms with Gasteiger partial charge in [0.2, 0.25) is 0 Å². The van der Waals surface area contributed by atoms with Crippen molar-refractivity contribution in [3.8, 4) is 0 Å². The van der Waals surface area contributed by atoms with Gasteiger partial charge in [0.25, 0.3) is 0 Å². The van der Waals surface area contributed by atoms with Crippen LogP contribution >= 0.6 is 0 Å². The van der Waals surface area contributed by atoms with Crippen LogP contribution in [-0.4, -0.2) is 39.3 Å². The Balaban J connectivity index is 0.000000500. The summed E-state index contributed by atoms with van der Waals surface area (Å²) >= 11 is 0. The molecule has 10 heavy (non-hydrogen) atoms. The molecule has 0 amide bonds. The summed E-state index contributed by atoms with van der Waals surface area (Å²) in [6, 6.07) is 7.74. The molecule has 0 saturated carbocycles. The van der Waals surface area contributed by atoms with Gasteiger partial charge in [-0.25, -0.2) is 0 Å². The first-order valence-corrected chi connectivity index (χ1v) is 2.72. The van der Waals surface area contributed by atoms with Gasteiger partial charge in [0, 0.05) is 23.9 Å². The van der Waals surface area contributed by atoms with Crippen LogP contribution in [0.15, 0.2) is 24.3 Å². The number of rotatable bonds is 0. The second-order valence-electron chi connectivity index (χ2n) is 1.83. The molecule has 2 rings (SSSR count). The van der Waals surface area contributed by atoms with Gasteiger partial charge in [0.15, 0.2) is 0 Å². The van der Waals surface area contributed by atoms with E-state index in [2.05, 4.69) is 15.4 Å². The second-order valence-corrected chi connectivity index (χ2v) is 1.83. The van der Waals surface area contributed by atoms with E-state index in [0.717, 1.165) is 11.0 Å². The topological polar surface area (TPSA) is 41.6 Å². The summed E-state index contributed by atoms with van der Waals surface area (Å²) in [5.74, 6) is 0. The minimum Gasteiger partial charge on any atom is -0.258 e. The maximum absolute atomic E-state index is 3.81. The van der Waals surface area contributed by atoms with Crippen molar-refractivity contribution in [1.29, 1.82) is 0 Å². The molecule has 1 aromatic heterocycles. The molecule has 0 aliphatic carbocycles. The number of para-hydroxylation sites is 1. The zero-order valence-electron chi connectivity index (χ0n) is 5.20. The molecule has 1 aromatic carbocycles. The minimum atomic E-state index is 0. The standard InChI is InChI=1S/C6H5N3.Sn/c1-2-4-6-5(3-1)7-9-8-6;/h1-4H,(H,7,8,9);. The van der Waals surface area contributed by atoms with Crippen LogP contribution in [0.5, 0.6) is 0 Å². The summed E-state index contributed by atoms with van der Waals surface area (Å²) in [6.45, 7) is 0. The molecule has 0 aliphatic heterocycles. The van der Waals surface area contributed by atoms with Crippen LogP contribution in [0, 0.1) is 0 Å². The van der Waals surface area contributed by atoms with Gasteiger partial charge >= 0.3 is 0 Å². The predicted molar refractivity (Wildman–Crippen MR) is 39.6 cm³/mol. The average Bonchev–Trinajstić information content (AvgIpc) is 2.33. The quantitative estimate of drug-likeness (QED) is 0.682. The van der Waals surface area contributed by atoms with Gasteiger partial charge in [-0.1, -0.05) is 17.3 Å². The van der Waals surface area contributed by atoms with E-state index in [-0.39, 0.29) is 23.9 Å². The van der Waals surface area contributed by atoms with Crippen molar-refractivity contribution in [1.82, 2.24) is 15.4 Å². The number of nitrogens with one attached hydrogen (secondary N) is 1. The van der Waals surface area contributed by atoms with Crippen molar-refractivity contribution >= 4 is 34.9 Å². The molecular formula is C6H5N3Sn. The Morgan fingerprint density at radius 3 is 2.80 bits per heavy atom. The molecule has 4 heteroatoms. The summed E-state index contributed by atoms with van der Waals surface area (Å²) in [4.78, 5) is 0. The number of H-pyrrole nitrogens is 1. The molecule has 0 spiro atoms. The van der Waals surface area contributed by atoms with Crippen molar-refractivity contribution in [3.63, 3.8) is 0 Å². The molecule has 1 N–H and O–H groups in total. The summed E-state index contributed by atoms with van der Waals surface area (Å²) in [5.41, 5.74) is 1.90. The summed E-state index contributed by atoms with van der Waals surface area (Å²) in [7, 11) is 0. The van der Waals surface area contributed by atoms with Gasteiger partial charge in [-0.05, 0) is 12.1 Å². The number of aromatic nitrogens is 3. The first-order chi connectivity index (χ1) is 4.47. The van der Waals surface area contributed by atoms with Crippen LogP contribution in [0.3, 0.4) is 0 Å². The fourth-order valence-corrected chi connectivity index (χ4v) is 0.788. The fraction of sp³-hybridized carbons (Fsp3) is 0. The molecule has 4 radical (unpaired) electrons. The number of benzene rings is 1. The Morgan fingerprint density at radius 2 is 2.00 bits per heavy atom. The Bertz CT molecular complexity index is 287. The van der Waals surface area contributed by atoms with Crippen LogP contribution in [0.1, 0.15) is 0 Å². The Morgan fingerprint density at radius 1 is 1.20 bits per heavy atom. The smallest absolute Gasteiger partial charge is 0.112 e. The maximum Gasteiger partial charge on any atom is 0.112 e. The normalized spacial score (nSPS) is 9.20. The van der Waals surface area contributed by atoms with Crippen molar-refractivity contribution in [2.45, 2.75) is 0 Å². The van der Waals surface area contributed by atoms with Gasteiger partial charge < -0.3 is 0 Å². The van der Waals surface area contributed by atoms with Crippen LogP contribution in [0.2, 0.25) is 0 Å². The maximum atomic E-state index is 3.81. The zero-order valence-corrected chi connectivity index (χ0v) is 8.06. The number of aromatic amines is 1. The largest absolute Gasteiger partial charge is 0.258 e. The molecular weight excluding hydrogens is 233 g/mol. The van der Waals surface area contributed by atoms with Crippen molar-refractivity contribution in [2.75, 3.05) is 0 Å². The van der Waals surface area contributed by atoms with E-state index in [1.165, 1.54) is 0 Å². The molecule has 3 nitrogen and oxygen atoms in total. The summed E-state index contributed by atoms with van der Waals surface area (Å²) in [5, 5.41) is 10.2. The van der Waals surface area contributed by atoms with Gasteiger partial charge in [0.05, 0.1) is 5.52 Å². The Hall–Kier alpha value is -0.581. The average molecular weight is 238 g/mol. The first kappa shape index (κ1) is 7.52. The first-order valence-electron chi connectivity index (χ1n) is 2.72. The van der Waals surface area contributed by atoms with Gasteiger partial charge in [-0.15, -0.1) is 5.10 Å². The van der Waals surface area contributed by atoms with E-state index in [4.69, 9.17) is 0 Å². The van der Waals surface area contributed by atoms with Gasteiger partial charge in [-0.2, -0.15) is 0 Å². The molecule has 1 heterocycles. The predicted octanol–water partition coefficient (Wildman–Crippen LogP) is 0.577. The van der Waals surface area contributed by atoms with Gasteiger partial charge in [-0.3, -0.25) is 5.10 Å². The molecule has 2 aromatic rings. The molecule has 0 saturated heterocycles. The van der Waals surface area contributed by atoms with E-state index in [0.29, 0.717) is 0 Å².